The van der Waals surface area contributed by atoms with E-state index in [2.05, 4.69) is 29.1 Å². The normalized spacial score (nSPS) is 12.3. The van der Waals surface area contributed by atoms with Crippen LogP contribution in [0.3, 0.4) is 0 Å². The smallest absolute Gasteiger partial charge is 0.329 e. The first kappa shape index (κ1) is 22.4. The number of benzene rings is 1. The molecule has 0 aliphatic rings. The van der Waals surface area contributed by atoms with Crippen molar-refractivity contribution in [3.8, 4) is 11.5 Å². The van der Waals surface area contributed by atoms with E-state index in [0.717, 1.165) is 6.42 Å². The van der Waals surface area contributed by atoms with Crippen molar-refractivity contribution in [2.24, 2.45) is 13.0 Å². The van der Waals surface area contributed by atoms with Gasteiger partial charge in [-0.1, -0.05) is 13.8 Å². The van der Waals surface area contributed by atoms with Crippen LogP contribution in [0.1, 0.15) is 20.3 Å². The number of hydrogen-bond acceptors (Lipinski definition) is 7. The standard InChI is InChI=1S/C21H29N5O5/c1-13(2)9-10-22-20-23-18-17(19(28)24-21(29)25(18)3)26(20)11-14(27)12-31-16-7-5-15(30-4)6-8-16/h5-8,13-14,27H,9-12H2,1-4H3,(H,22,23)(H,24,28,29)/t14-/m0/s1. The molecular weight excluding hydrogens is 402 g/mol. The molecule has 1 atom stereocenters. The van der Waals surface area contributed by atoms with Crippen LogP contribution in [0.4, 0.5) is 5.95 Å². The monoisotopic (exact) mass is 431 g/mol. The number of aromatic nitrogens is 4. The van der Waals surface area contributed by atoms with Gasteiger partial charge in [0.15, 0.2) is 11.2 Å². The highest BCUT2D eigenvalue weighted by Gasteiger charge is 2.20. The minimum Gasteiger partial charge on any atom is -0.497 e. The summed E-state index contributed by atoms with van der Waals surface area (Å²) >= 11 is 0. The maximum absolute atomic E-state index is 12.5. The Morgan fingerprint density at radius 1 is 1.19 bits per heavy atom. The van der Waals surface area contributed by atoms with Gasteiger partial charge < -0.3 is 24.5 Å². The SMILES string of the molecule is COc1ccc(OC[C@@H](O)Cn2c(NCCC(C)C)nc3c2c(=O)[nH]c(=O)n3C)cc1. The maximum atomic E-state index is 12.5. The van der Waals surface area contributed by atoms with Gasteiger partial charge >= 0.3 is 5.69 Å². The molecule has 168 valence electrons. The number of methoxy groups -OCH3 is 1. The molecule has 0 saturated heterocycles. The van der Waals surface area contributed by atoms with Crippen LogP contribution in [0.15, 0.2) is 33.9 Å². The van der Waals surface area contributed by atoms with Gasteiger partial charge in [-0.15, -0.1) is 0 Å². The second kappa shape index (κ2) is 9.69. The lowest BCUT2D eigenvalue weighted by Gasteiger charge is -2.16. The van der Waals surface area contributed by atoms with Crippen molar-refractivity contribution in [1.82, 2.24) is 19.1 Å². The molecular formula is C21H29N5O5. The van der Waals surface area contributed by atoms with Gasteiger partial charge in [0.05, 0.1) is 13.7 Å². The van der Waals surface area contributed by atoms with E-state index in [1.807, 2.05) is 0 Å². The summed E-state index contributed by atoms with van der Waals surface area (Å²) in [5, 5.41) is 13.8. The number of anilines is 1. The molecule has 2 aromatic heterocycles. The fourth-order valence-electron chi connectivity index (χ4n) is 3.15. The number of aliphatic hydroxyl groups excluding tert-OH is 1. The number of rotatable bonds is 10. The van der Waals surface area contributed by atoms with Crippen molar-refractivity contribution in [2.75, 3.05) is 25.6 Å². The van der Waals surface area contributed by atoms with Crippen LogP contribution < -0.4 is 26.0 Å². The molecule has 0 unspecified atom stereocenters. The largest absolute Gasteiger partial charge is 0.497 e. The first-order valence-electron chi connectivity index (χ1n) is 10.2. The lowest BCUT2D eigenvalue weighted by atomic mass is 10.1. The fourth-order valence-corrected chi connectivity index (χ4v) is 3.15. The number of hydrogen-bond donors (Lipinski definition) is 3. The Hall–Kier alpha value is -3.27. The van der Waals surface area contributed by atoms with Crippen molar-refractivity contribution in [1.29, 1.82) is 0 Å². The lowest BCUT2D eigenvalue weighted by Crippen LogP contribution is -2.31. The molecule has 2 heterocycles. The van der Waals surface area contributed by atoms with Gasteiger partial charge in [0.1, 0.15) is 24.2 Å². The number of imidazole rings is 1. The van der Waals surface area contributed by atoms with Gasteiger partial charge in [-0.25, -0.2) is 4.79 Å². The predicted molar refractivity (Wildman–Crippen MR) is 118 cm³/mol. The molecule has 31 heavy (non-hydrogen) atoms. The van der Waals surface area contributed by atoms with E-state index in [-0.39, 0.29) is 24.3 Å². The molecule has 0 aliphatic carbocycles. The number of ether oxygens (including phenoxy) is 2. The third kappa shape index (κ3) is 5.26. The summed E-state index contributed by atoms with van der Waals surface area (Å²) in [4.78, 5) is 31.2. The van der Waals surface area contributed by atoms with E-state index in [4.69, 9.17) is 9.47 Å². The Morgan fingerprint density at radius 3 is 2.52 bits per heavy atom. The average molecular weight is 431 g/mol. The van der Waals surface area contributed by atoms with E-state index in [1.54, 1.807) is 43.0 Å². The number of fused-ring (bicyclic) bond motifs is 1. The maximum Gasteiger partial charge on any atom is 0.329 e. The van der Waals surface area contributed by atoms with Crippen molar-refractivity contribution in [3.05, 3.63) is 45.1 Å². The third-order valence-electron chi connectivity index (χ3n) is 4.91. The Kier molecular flexibility index (Phi) is 7.01. The summed E-state index contributed by atoms with van der Waals surface area (Å²) < 4.78 is 13.6. The number of nitrogens with zero attached hydrogens (tertiary/aromatic N) is 3. The molecule has 3 N–H and O–H groups in total. The number of aromatic amines is 1. The van der Waals surface area contributed by atoms with E-state index in [0.29, 0.717) is 29.9 Å². The highest BCUT2D eigenvalue weighted by Crippen LogP contribution is 2.19. The van der Waals surface area contributed by atoms with E-state index < -0.39 is 17.4 Å². The van der Waals surface area contributed by atoms with Gasteiger partial charge in [0.25, 0.3) is 5.56 Å². The molecule has 0 fully saturated rings. The number of nitrogens with one attached hydrogen (secondary N) is 2. The van der Waals surface area contributed by atoms with Crippen LogP contribution in [0.25, 0.3) is 11.2 Å². The lowest BCUT2D eigenvalue weighted by molar-refractivity contribution is 0.0938. The Labute approximate surface area is 179 Å². The fraction of sp³-hybridized carbons (Fsp3) is 0.476. The second-order valence-corrected chi connectivity index (χ2v) is 7.79. The van der Waals surface area contributed by atoms with Crippen molar-refractivity contribution < 1.29 is 14.6 Å². The van der Waals surface area contributed by atoms with E-state index in [1.165, 1.54) is 4.57 Å². The Bertz CT molecular complexity index is 1130. The van der Waals surface area contributed by atoms with Crippen LogP contribution in [-0.4, -0.2) is 50.6 Å². The topological polar surface area (TPSA) is 123 Å². The van der Waals surface area contributed by atoms with Crippen LogP contribution in [-0.2, 0) is 13.6 Å². The summed E-state index contributed by atoms with van der Waals surface area (Å²) in [7, 11) is 3.12. The molecule has 0 saturated carbocycles. The highest BCUT2D eigenvalue weighted by atomic mass is 16.5. The van der Waals surface area contributed by atoms with Crippen LogP contribution in [0, 0.1) is 5.92 Å². The van der Waals surface area contributed by atoms with Gasteiger partial charge in [0, 0.05) is 13.6 Å². The van der Waals surface area contributed by atoms with Crippen LogP contribution >= 0.6 is 0 Å². The molecule has 3 aromatic rings. The molecule has 10 nitrogen and oxygen atoms in total. The number of aryl methyl sites for hydroxylation is 1. The van der Waals surface area contributed by atoms with Crippen LogP contribution in [0.5, 0.6) is 11.5 Å². The number of H-pyrrole nitrogens is 1. The summed E-state index contributed by atoms with van der Waals surface area (Å²) in [6.45, 7) is 4.95. The first-order chi connectivity index (χ1) is 14.8. The average Bonchev–Trinajstić information content (AvgIpc) is 3.09. The third-order valence-corrected chi connectivity index (χ3v) is 4.91. The minimum absolute atomic E-state index is 0.0150. The summed E-state index contributed by atoms with van der Waals surface area (Å²) in [6, 6.07) is 7.03. The summed E-state index contributed by atoms with van der Waals surface area (Å²) in [5.41, 5.74) is -0.619. The summed E-state index contributed by atoms with van der Waals surface area (Å²) in [6.07, 6.45) is -0.0106. The first-order valence-corrected chi connectivity index (χ1v) is 10.2. The Balaban J connectivity index is 1.83. The molecule has 0 bridgehead atoms. The van der Waals surface area contributed by atoms with Gasteiger partial charge in [-0.2, -0.15) is 4.98 Å². The molecule has 0 spiro atoms. The molecule has 0 aliphatic heterocycles. The van der Waals surface area contributed by atoms with Gasteiger partial charge in [0.2, 0.25) is 5.95 Å². The zero-order chi connectivity index (χ0) is 22.5. The minimum atomic E-state index is -0.915. The Morgan fingerprint density at radius 2 is 1.87 bits per heavy atom. The molecule has 0 radical (unpaired) electrons. The molecule has 10 heteroatoms. The van der Waals surface area contributed by atoms with Crippen LogP contribution in [0.2, 0.25) is 0 Å². The van der Waals surface area contributed by atoms with Crippen molar-refractivity contribution in [2.45, 2.75) is 32.9 Å². The van der Waals surface area contributed by atoms with E-state index in [9.17, 15) is 14.7 Å². The zero-order valence-electron chi connectivity index (χ0n) is 18.2. The highest BCUT2D eigenvalue weighted by molar-refractivity contribution is 5.74. The van der Waals surface area contributed by atoms with Gasteiger partial charge in [-0.3, -0.25) is 14.3 Å². The van der Waals surface area contributed by atoms with Crippen molar-refractivity contribution in [3.63, 3.8) is 0 Å². The quantitative estimate of drug-likeness (QED) is 0.442. The second-order valence-electron chi connectivity index (χ2n) is 7.79. The molecule has 1 aromatic carbocycles. The number of aliphatic hydroxyl groups is 1. The van der Waals surface area contributed by atoms with E-state index >= 15 is 0 Å². The van der Waals surface area contributed by atoms with Crippen molar-refractivity contribution >= 4 is 17.1 Å². The molecule has 0 amide bonds. The zero-order valence-corrected chi connectivity index (χ0v) is 18.2. The summed E-state index contributed by atoms with van der Waals surface area (Å²) in [5.74, 6) is 2.21. The van der Waals surface area contributed by atoms with Gasteiger partial charge in [-0.05, 0) is 36.6 Å². The predicted octanol–water partition coefficient (Wildman–Crippen LogP) is 1.33. The molecule has 3 rings (SSSR count).